The van der Waals surface area contributed by atoms with Gasteiger partial charge in [-0.05, 0) is 56.5 Å². The topological polar surface area (TPSA) is 137 Å². The third-order valence-corrected chi connectivity index (χ3v) is 16.5. The van der Waals surface area contributed by atoms with Crippen molar-refractivity contribution in [3.63, 3.8) is 0 Å². The number of Topliss-reactive ketones (excluding diaryl/α,β-unsaturated/α-hetero) is 1. The number of rotatable bonds is 14. The number of ether oxygens (including phenoxy) is 8. The summed E-state index contributed by atoms with van der Waals surface area (Å²) < 4.78 is 55.6. The van der Waals surface area contributed by atoms with E-state index in [9.17, 15) is 14.7 Å². The Morgan fingerprint density at radius 2 is 1.63 bits per heavy atom. The number of methoxy groups -OCH3 is 3. The summed E-state index contributed by atoms with van der Waals surface area (Å²) >= 11 is 0. The van der Waals surface area contributed by atoms with Crippen molar-refractivity contribution in [2.45, 2.75) is 174 Å². The Bertz CT molecular complexity index is 1420. The first-order chi connectivity index (χ1) is 26.6. The molecule has 3 rings (SSSR count). The summed E-state index contributed by atoms with van der Waals surface area (Å²) in [5, 5.41) is 11.7. The highest BCUT2D eigenvalue weighted by Crippen LogP contribution is 2.42. The lowest BCUT2D eigenvalue weighted by molar-refractivity contribution is -0.185. The van der Waals surface area contributed by atoms with Crippen LogP contribution in [0.4, 0.5) is 0 Å². The van der Waals surface area contributed by atoms with Crippen LogP contribution in [0.2, 0.25) is 18.1 Å². The molecule has 0 amide bonds. The van der Waals surface area contributed by atoms with Gasteiger partial charge in [-0.2, -0.15) is 0 Å². The molecule has 2 saturated heterocycles. The summed E-state index contributed by atoms with van der Waals surface area (Å²) in [7, 11) is 2.13. The number of hydrogen-bond acceptors (Lipinski definition) is 12. The van der Waals surface area contributed by atoms with Crippen molar-refractivity contribution in [1.29, 1.82) is 0 Å². The highest BCUT2D eigenvalue weighted by molar-refractivity contribution is 6.74. The molecule has 326 valence electrons. The van der Waals surface area contributed by atoms with Crippen LogP contribution in [-0.4, -0.2) is 115 Å². The lowest BCUT2D eigenvalue weighted by atomic mass is 9.76. The highest BCUT2D eigenvalue weighted by Gasteiger charge is 2.53. The molecule has 9 atom stereocenters. The van der Waals surface area contributed by atoms with Crippen molar-refractivity contribution in [1.82, 2.24) is 0 Å². The van der Waals surface area contributed by atoms with E-state index >= 15 is 0 Å². The SMILES string of the molecule is CC[C@H](/C=C(/C)[C@@H]1C[C@@H](OC)C[C@H](O)C(C)(C)C(=O)[C@@H]2OC(C)(C)O[C@@H]2C[C@@H](O[Si](C)(C)C(C)(C)C)C[C@@H](OC)[C@H](OCOC)C(=O)O1)COCc1ccccc1. The Balaban J connectivity index is 2.11. The van der Waals surface area contributed by atoms with Gasteiger partial charge in [0.05, 0.1) is 49.1 Å². The van der Waals surface area contributed by atoms with E-state index in [-0.39, 0.29) is 49.2 Å². The number of ketones is 1. The third-order valence-electron chi connectivity index (χ3n) is 11.9. The second kappa shape index (κ2) is 21.5. The Morgan fingerprint density at radius 1 is 0.965 bits per heavy atom. The minimum Gasteiger partial charge on any atom is -0.456 e. The van der Waals surface area contributed by atoms with E-state index in [0.29, 0.717) is 13.2 Å². The van der Waals surface area contributed by atoms with Crippen LogP contribution in [0.15, 0.2) is 42.0 Å². The van der Waals surface area contributed by atoms with Crippen LogP contribution in [0.25, 0.3) is 0 Å². The van der Waals surface area contributed by atoms with E-state index in [1.165, 1.54) is 14.2 Å². The van der Waals surface area contributed by atoms with Crippen LogP contribution in [0.5, 0.6) is 0 Å². The first-order valence-electron chi connectivity index (χ1n) is 20.5. The van der Waals surface area contributed by atoms with Gasteiger partial charge < -0.3 is 47.4 Å². The first kappa shape index (κ1) is 49.3. The summed E-state index contributed by atoms with van der Waals surface area (Å²) in [6.07, 6.45) is -3.07. The van der Waals surface area contributed by atoms with Crippen LogP contribution in [0.3, 0.4) is 0 Å². The maximum Gasteiger partial charge on any atom is 0.338 e. The molecule has 12 nitrogen and oxygen atoms in total. The van der Waals surface area contributed by atoms with Crippen molar-refractivity contribution in [2.75, 3.05) is 34.7 Å². The zero-order valence-electron chi connectivity index (χ0n) is 37.3. The fraction of sp³-hybridized carbons (Fsp3) is 0.773. The number of fused-ring (bicyclic) bond motifs is 1. The summed E-state index contributed by atoms with van der Waals surface area (Å²) in [5.74, 6) is -1.94. The van der Waals surface area contributed by atoms with E-state index in [1.54, 1.807) is 34.8 Å². The normalized spacial score (nSPS) is 30.1. The Kier molecular flexibility index (Phi) is 18.6. The predicted molar refractivity (Wildman–Crippen MR) is 221 cm³/mol. The highest BCUT2D eigenvalue weighted by atomic mass is 28.4. The van der Waals surface area contributed by atoms with Crippen molar-refractivity contribution in [3.05, 3.63) is 47.5 Å². The van der Waals surface area contributed by atoms with Gasteiger partial charge in [-0.1, -0.05) is 78.0 Å². The van der Waals surface area contributed by atoms with Gasteiger partial charge in [0.15, 0.2) is 26.0 Å². The largest absolute Gasteiger partial charge is 0.456 e. The second-order valence-electron chi connectivity index (χ2n) is 18.3. The lowest BCUT2D eigenvalue weighted by Crippen LogP contribution is -2.51. The fourth-order valence-electron chi connectivity index (χ4n) is 7.15. The molecule has 0 bridgehead atoms. The maximum absolute atomic E-state index is 14.5. The Labute approximate surface area is 343 Å². The summed E-state index contributed by atoms with van der Waals surface area (Å²) in [5.41, 5.74) is 0.636. The monoisotopic (exact) mass is 822 g/mol. The molecule has 1 aromatic rings. The minimum atomic E-state index is -2.43. The van der Waals surface area contributed by atoms with Gasteiger partial charge in [0.1, 0.15) is 19.0 Å². The number of aliphatic hydroxyl groups excluding tert-OH is 1. The smallest absolute Gasteiger partial charge is 0.338 e. The molecule has 1 N–H and O–H groups in total. The van der Waals surface area contributed by atoms with Crippen molar-refractivity contribution < 1.29 is 57.0 Å². The number of carbonyl (C=O) groups excluding carboxylic acids is 2. The summed E-state index contributed by atoms with van der Waals surface area (Å²) in [6.45, 7) is 22.6. The van der Waals surface area contributed by atoms with Crippen LogP contribution in [0, 0.1) is 11.3 Å². The summed E-state index contributed by atoms with van der Waals surface area (Å²) in [4.78, 5) is 29.0. The van der Waals surface area contributed by atoms with E-state index in [4.69, 9.17) is 42.3 Å². The van der Waals surface area contributed by atoms with Crippen LogP contribution >= 0.6 is 0 Å². The molecule has 2 heterocycles. The van der Waals surface area contributed by atoms with E-state index in [2.05, 4.69) is 46.9 Å². The van der Waals surface area contributed by atoms with Gasteiger partial charge in [0.2, 0.25) is 0 Å². The molecule has 0 aromatic heterocycles. The van der Waals surface area contributed by atoms with E-state index < -0.39 is 74.3 Å². The van der Waals surface area contributed by atoms with Crippen molar-refractivity contribution in [3.8, 4) is 0 Å². The number of benzene rings is 1. The van der Waals surface area contributed by atoms with Gasteiger partial charge in [0.25, 0.3) is 0 Å². The first-order valence-corrected chi connectivity index (χ1v) is 23.4. The van der Waals surface area contributed by atoms with Crippen LogP contribution in [0.1, 0.15) is 100.0 Å². The molecule has 13 heteroatoms. The molecular weight excluding hydrogens is 749 g/mol. The number of hydrogen-bond donors (Lipinski definition) is 1. The van der Waals surface area contributed by atoms with Crippen molar-refractivity contribution >= 4 is 20.1 Å². The molecule has 2 fully saturated rings. The molecule has 1 aromatic carbocycles. The number of aliphatic hydroxyl groups is 1. The average Bonchev–Trinajstić information content (AvgIpc) is 3.44. The van der Waals surface area contributed by atoms with Crippen molar-refractivity contribution in [2.24, 2.45) is 11.3 Å². The number of esters is 1. The average molecular weight is 823 g/mol. The third kappa shape index (κ3) is 14.0. The maximum atomic E-state index is 14.5. The zero-order chi connectivity index (χ0) is 42.8. The molecule has 0 aliphatic carbocycles. The standard InChI is InChI=1S/C44H74O12Si/c1-15-30(26-51-27-31-19-17-16-18-20-31)21-29(2)34-22-32(49-11)25-37(45)43(6,7)40(46)38-36(54-44(8,9)55-38)24-33(56-57(13,14)42(3,4)5)23-35(50-12)39(41(47)53-34)52-28-48-10/h16-21,30,32-39,45H,15,22-28H2,1-14H3/b29-21-/t30-,32-,33+,34+,35-,36-,37+,38-,39+/m1/s1. The van der Waals surface area contributed by atoms with E-state index in [1.807, 2.05) is 37.3 Å². The van der Waals surface area contributed by atoms with Crippen LogP contribution in [-0.2, 0) is 58.5 Å². The molecule has 0 radical (unpaired) electrons. The van der Waals surface area contributed by atoms with Crippen LogP contribution < -0.4 is 0 Å². The molecular formula is C44H74O12Si. The molecule has 0 unspecified atom stereocenters. The molecule has 2 aliphatic rings. The van der Waals surface area contributed by atoms with Gasteiger partial charge in [-0.25, -0.2) is 4.79 Å². The molecule has 0 saturated carbocycles. The lowest BCUT2D eigenvalue weighted by Gasteiger charge is -2.41. The molecule has 57 heavy (non-hydrogen) atoms. The minimum absolute atomic E-state index is 0.0299. The molecule has 0 spiro atoms. The van der Waals surface area contributed by atoms with Gasteiger partial charge >= 0.3 is 5.97 Å². The van der Waals surface area contributed by atoms with Gasteiger partial charge in [-0.3, -0.25) is 4.79 Å². The Hall–Kier alpha value is -2.04. The Morgan fingerprint density at radius 3 is 2.21 bits per heavy atom. The number of carbonyl (C=O) groups is 2. The quantitative estimate of drug-likeness (QED) is 0.0859. The van der Waals surface area contributed by atoms with E-state index in [0.717, 1.165) is 17.6 Å². The van der Waals surface area contributed by atoms with Gasteiger partial charge in [0, 0.05) is 52.9 Å². The number of cyclic esters (lactones) is 1. The zero-order valence-corrected chi connectivity index (χ0v) is 38.3. The predicted octanol–water partition coefficient (Wildman–Crippen LogP) is 7.55. The van der Waals surface area contributed by atoms with Gasteiger partial charge in [-0.15, -0.1) is 0 Å². The molecule has 2 aliphatic heterocycles. The fourth-order valence-corrected chi connectivity index (χ4v) is 8.53. The summed E-state index contributed by atoms with van der Waals surface area (Å²) in [6, 6.07) is 10.00. The second-order valence-corrected chi connectivity index (χ2v) is 23.0.